The summed E-state index contributed by atoms with van der Waals surface area (Å²) in [4.78, 5) is 33.5. The van der Waals surface area contributed by atoms with Crippen molar-refractivity contribution in [3.05, 3.63) is 86.1 Å². The molecule has 5 rings (SSSR count). The van der Waals surface area contributed by atoms with Gasteiger partial charge in [-0.15, -0.1) is 11.3 Å². The third-order valence-electron chi connectivity index (χ3n) is 6.54. The van der Waals surface area contributed by atoms with Gasteiger partial charge < -0.3 is 19.5 Å². The van der Waals surface area contributed by atoms with E-state index < -0.39 is 17.7 Å². The molecule has 7 nitrogen and oxygen atoms in total. The van der Waals surface area contributed by atoms with E-state index in [-0.39, 0.29) is 30.1 Å². The van der Waals surface area contributed by atoms with Gasteiger partial charge in [-0.2, -0.15) is 0 Å². The zero-order valence-corrected chi connectivity index (χ0v) is 21.7. The number of benzene rings is 2. The standard InChI is InChI=1S/C28H28N2O5S/c1-15-26(36-16(2)29-15)24(31)22-23(18-7-9-19(10-8-18)28(3,4)5)30(27(33)25(22)32)13-17-6-11-20-21(12-17)35-14-34-20/h6-12,23,32H,13-14H2,1-5H3. The highest BCUT2D eigenvalue weighted by atomic mass is 32.1. The second-order valence-electron chi connectivity index (χ2n) is 10.1. The number of ketones is 1. The smallest absolute Gasteiger partial charge is 0.290 e. The Bertz CT molecular complexity index is 1400. The van der Waals surface area contributed by atoms with Crippen LogP contribution in [0.4, 0.5) is 0 Å². The fourth-order valence-corrected chi connectivity index (χ4v) is 5.53. The first-order chi connectivity index (χ1) is 17.0. The van der Waals surface area contributed by atoms with Gasteiger partial charge in [-0.25, -0.2) is 4.98 Å². The molecule has 186 valence electrons. The SMILES string of the molecule is Cc1nc(C)c(C(=O)C2=C(O)C(=O)N(Cc3ccc4c(c3)OCO4)C2c2ccc(C(C)(C)C)cc2)s1. The van der Waals surface area contributed by atoms with Crippen LogP contribution in [-0.4, -0.2) is 33.5 Å². The fourth-order valence-electron chi connectivity index (χ4n) is 4.66. The first-order valence-electron chi connectivity index (χ1n) is 11.8. The monoisotopic (exact) mass is 504 g/mol. The van der Waals surface area contributed by atoms with E-state index in [1.807, 2.05) is 43.3 Å². The van der Waals surface area contributed by atoms with Crippen LogP contribution in [0.2, 0.25) is 0 Å². The summed E-state index contributed by atoms with van der Waals surface area (Å²) < 4.78 is 10.9. The zero-order chi connectivity index (χ0) is 25.8. The van der Waals surface area contributed by atoms with Crippen LogP contribution in [0, 0.1) is 13.8 Å². The Morgan fingerprint density at radius 2 is 1.81 bits per heavy atom. The van der Waals surface area contributed by atoms with Crippen LogP contribution in [-0.2, 0) is 16.8 Å². The third-order valence-corrected chi connectivity index (χ3v) is 7.61. The molecule has 2 aliphatic heterocycles. The number of Topliss-reactive ketones (excluding diaryl/α,β-unsaturated/α-hetero) is 1. The molecular formula is C28H28N2O5S. The lowest BCUT2D eigenvalue weighted by Crippen LogP contribution is -2.30. The summed E-state index contributed by atoms with van der Waals surface area (Å²) >= 11 is 1.27. The summed E-state index contributed by atoms with van der Waals surface area (Å²) in [6, 6.07) is 12.6. The maximum Gasteiger partial charge on any atom is 0.290 e. The van der Waals surface area contributed by atoms with Crippen molar-refractivity contribution >= 4 is 23.0 Å². The van der Waals surface area contributed by atoms with Gasteiger partial charge in [-0.05, 0) is 48.1 Å². The van der Waals surface area contributed by atoms with E-state index in [9.17, 15) is 14.7 Å². The number of carbonyl (C=O) groups is 2. The van der Waals surface area contributed by atoms with E-state index in [0.29, 0.717) is 22.1 Å². The van der Waals surface area contributed by atoms with Gasteiger partial charge >= 0.3 is 0 Å². The Morgan fingerprint density at radius 1 is 1.11 bits per heavy atom. The molecular weight excluding hydrogens is 476 g/mol. The van der Waals surface area contributed by atoms with Gasteiger partial charge in [0, 0.05) is 6.54 Å². The van der Waals surface area contributed by atoms with Crippen LogP contribution < -0.4 is 9.47 Å². The van der Waals surface area contributed by atoms with Crippen LogP contribution >= 0.6 is 11.3 Å². The largest absolute Gasteiger partial charge is 0.503 e. The van der Waals surface area contributed by atoms with Gasteiger partial charge in [0.15, 0.2) is 17.3 Å². The summed E-state index contributed by atoms with van der Waals surface area (Å²) in [5.41, 5.74) is 3.30. The van der Waals surface area contributed by atoms with Crippen LogP contribution in [0.1, 0.15) is 63.9 Å². The minimum absolute atomic E-state index is 0.0515. The highest BCUT2D eigenvalue weighted by Crippen LogP contribution is 2.42. The van der Waals surface area contributed by atoms with Crippen molar-refractivity contribution < 1.29 is 24.2 Å². The molecule has 0 spiro atoms. The van der Waals surface area contributed by atoms with Crippen molar-refractivity contribution in [1.82, 2.24) is 9.88 Å². The van der Waals surface area contributed by atoms with E-state index in [4.69, 9.17) is 9.47 Å². The van der Waals surface area contributed by atoms with Crippen molar-refractivity contribution in [2.24, 2.45) is 0 Å². The molecule has 1 N–H and O–H groups in total. The number of nitrogens with zero attached hydrogens (tertiary/aromatic N) is 2. The van der Waals surface area contributed by atoms with E-state index in [0.717, 1.165) is 21.7 Å². The number of amides is 1. The van der Waals surface area contributed by atoms with E-state index in [1.54, 1.807) is 13.0 Å². The Balaban J connectivity index is 1.58. The topological polar surface area (TPSA) is 89.0 Å². The van der Waals surface area contributed by atoms with Crippen LogP contribution in [0.5, 0.6) is 11.5 Å². The van der Waals surface area contributed by atoms with Gasteiger partial charge in [-0.3, -0.25) is 9.59 Å². The molecule has 0 radical (unpaired) electrons. The maximum absolute atomic E-state index is 13.7. The van der Waals surface area contributed by atoms with Gasteiger partial charge in [0.2, 0.25) is 12.6 Å². The quantitative estimate of drug-likeness (QED) is 0.458. The third kappa shape index (κ3) is 4.15. The Labute approximate surface area is 214 Å². The molecule has 0 fully saturated rings. The van der Waals surface area contributed by atoms with Crippen LogP contribution in [0.15, 0.2) is 53.8 Å². The van der Waals surface area contributed by atoms with Gasteiger partial charge in [0.1, 0.15) is 0 Å². The minimum atomic E-state index is -0.744. The number of aliphatic hydroxyl groups excluding tert-OH is 1. The Morgan fingerprint density at radius 3 is 2.44 bits per heavy atom. The maximum atomic E-state index is 13.7. The molecule has 3 aromatic rings. The van der Waals surface area contributed by atoms with Gasteiger partial charge in [0.25, 0.3) is 5.91 Å². The number of fused-ring (bicyclic) bond motifs is 1. The lowest BCUT2D eigenvalue weighted by Gasteiger charge is -2.28. The van der Waals surface area contributed by atoms with Crippen molar-refractivity contribution in [3.8, 4) is 11.5 Å². The molecule has 2 aliphatic rings. The van der Waals surface area contributed by atoms with Crippen molar-refractivity contribution in [2.45, 2.75) is 52.6 Å². The second kappa shape index (κ2) is 8.78. The second-order valence-corrected chi connectivity index (χ2v) is 11.3. The molecule has 1 aromatic heterocycles. The normalized spacial score (nSPS) is 17.3. The number of rotatable bonds is 5. The minimum Gasteiger partial charge on any atom is -0.503 e. The summed E-state index contributed by atoms with van der Waals surface area (Å²) in [7, 11) is 0. The average Bonchev–Trinajstić information content (AvgIpc) is 3.50. The van der Waals surface area contributed by atoms with E-state index in [1.165, 1.54) is 16.2 Å². The summed E-state index contributed by atoms with van der Waals surface area (Å²) in [5.74, 6) is -0.221. The first-order valence-corrected chi connectivity index (χ1v) is 12.6. The highest BCUT2D eigenvalue weighted by molar-refractivity contribution is 7.14. The summed E-state index contributed by atoms with van der Waals surface area (Å²) in [5, 5.41) is 11.8. The van der Waals surface area contributed by atoms with Gasteiger partial charge in [-0.1, -0.05) is 51.1 Å². The van der Waals surface area contributed by atoms with E-state index in [2.05, 4.69) is 25.8 Å². The molecule has 0 bridgehead atoms. The van der Waals surface area contributed by atoms with Crippen LogP contribution in [0.25, 0.3) is 0 Å². The predicted molar refractivity (Wildman–Crippen MR) is 137 cm³/mol. The van der Waals surface area contributed by atoms with Crippen molar-refractivity contribution in [3.63, 3.8) is 0 Å². The van der Waals surface area contributed by atoms with Gasteiger partial charge in [0.05, 0.1) is 27.2 Å². The number of aliphatic hydroxyl groups is 1. The molecule has 1 atom stereocenters. The predicted octanol–water partition coefficient (Wildman–Crippen LogP) is 5.56. The lowest BCUT2D eigenvalue weighted by atomic mass is 9.85. The van der Waals surface area contributed by atoms with Crippen molar-refractivity contribution in [2.75, 3.05) is 6.79 Å². The number of carbonyl (C=O) groups excluding carboxylic acids is 2. The number of hydrogen-bond donors (Lipinski definition) is 1. The average molecular weight is 505 g/mol. The number of hydrogen-bond acceptors (Lipinski definition) is 7. The molecule has 36 heavy (non-hydrogen) atoms. The fraction of sp³-hybridized carbons (Fsp3) is 0.321. The number of ether oxygens (including phenoxy) is 2. The molecule has 0 aliphatic carbocycles. The molecule has 3 heterocycles. The number of aromatic nitrogens is 1. The van der Waals surface area contributed by atoms with E-state index >= 15 is 0 Å². The summed E-state index contributed by atoms with van der Waals surface area (Å²) in [6.07, 6.45) is 0. The number of aryl methyl sites for hydroxylation is 2. The zero-order valence-electron chi connectivity index (χ0n) is 20.9. The lowest BCUT2D eigenvalue weighted by molar-refractivity contribution is -0.130. The summed E-state index contributed by atoms with van der Waals surface area (Å²) in [6.45, 7) is 10.3. The Hall–Kier alpha value is -3.65. The molecule has 0 saturated carbocycles. The van der Waals surface area contributed by atoms with Crippen LogP contribution in [0.3, 0.4) is 0 Å². The molecule has 1 amide bonds. The highest BCUT2D eigenvalue weighted by Gasteiger charge is 2.44. The first kappa shape index (κ1) is 24.1. The molecule has 2 aromatic carbocycles. The van der Waals surface area contributed by atoms with Crippen molar-refractivity contribution in [1.29, 1.82) is 0 Å². The molecule has 8 heteroatoms. The Kier molecular flexibility index (Phi) is 5.87. The number of thiazole rings is 1. The molecule has 0 saturated heterocycles. The molecule has 1 unspecified atom stereocenters.